The number of aliphatic hydroxyl groups is 2. The molecular weight excluding hydrogens is 338 g/mol. The summed E-state index contributed by atoms with van der Waals surface area (Å²) in [4.78, 5) is 0. The van der Waals surface area contributed by atoms with Crippen LogP contribution in [0.15, 0.2) is 12.2 Å². The SMILES string of the molecule is C=C1CC[C@H]2[C@@H]3[C@@H](O)[C@H](O)C4C[C@@H](N)CC[C@]4(C)[C@H]3CC[C@]12C.Cl.O. The van der Waals surface area contributed by atoms with Crippen molar-refractivity contribution in [1.82, 2.24) is 0 Å². The van der Waals surface area contributed by atoms with Gasteiger partial charge in [0.2, 0.25) is 0 Å². The molecule has 4 rings (SSSR count). The lowest BCUT2D eigenvalue weighted by Gasteiger charge is -2.63. The van der Waals surface area contributed by atoms with Crippen molar-refractivity contribution in [2.45, 2.75) is 77.0 Å². The second-order valence-electron chi connectivity index (χ2n) is 9.52. The topological polar surface area (TPSA) is 98.0 Å². The van der Waals surface area contributed by atoms with Crippen LogP contribution in [-0.4, -0.2) is 33.9 Å². The Balaban J connectivity index is 0.00000113. The number of allylic oxidation sites excluding steroid dienone is 1. The highest BCUT2D eigenvalue weighted by Gasteiger charge is 2.63. The predicted molar refractivity (Wildman–Crippen MR) is 102 cm³/mol. The summed E-state index contributed by atoms with van der Waals surface area (Å²) in [7, 11) is 0. The fourth-order valence-electron chi connectivity index (χ4n) is 7.20. The van der Waals surface area contributed by atoms with Crippen LogP contribution < -0.4 is 5.73 Å². The summed E-state index contributed by atoms with van der Waals surface area (Å²) in [6, 6.07) is 0.187. The molecule has 6 N–H and O–H groups in total. The maximum atomic E-state index is 11.0. The van der Waals surface area contributed by atoms with Crippen LogP contribution in [0.25, 0.3) is 0 Å². The van der Waals surface area contributed by atoms with Crippen molar-refractivity contribution in [1.29, 1.82) is 0 Å². The molecular formula is C20H36ClNO3. The molecule has 9 atom stereocenters. The van der Waals surface area contributed by atoms with Gasteiger partial charge < -0.3 is 21.4 Å². The fraction of sp³-hybridized carbons (Fsp3) is 0.900. The molecule has 5 heteroatoms. The molecule has 4 nitrogen and oxygen atoms in total. The Labute approximate surface area is 158 Å². The molecule has 4 saturated carbocycles. The van der Waals surface area contributed by atoms with Gasteiger partial charge in [0.05, 0.1) is 12.2 Å². The van der Waals surface area contributed by atoms with Crippen LogP contribution in [0.1, 0.15) is 58.8 Å². The normalized spacial score (nSPS) is 54.4. The van der Waals surface area contributed by atoms with Gasteiger partial charge in [0.25, 0.3) is 0 Å². The number of nitrogens with two attached hydrogens (primary N) is 1. The highest BCUT2D eigenvalue weighted by molar-refractivity contribution is 5.85. The summed E-state index contributed by atoms with van der Waals surface area (Å²) >= 11 is 0. The van der Waals surface area contributed by atoms with Crippen LogP contribution in [0.4, 0.5) is 0 Å². The van der Waals surface area contributed by atoms with Gasteiger partial charge in [-0.25, -0.2) is 0 Å². The highest BCUT2D eigenvalue weighted by atomic mass is 35.5. The molecule has 0 saturated heterocycles. The van der Waals surface area contributed by atoms with Crippen molar-refractivity contribution in [2.75, 3.05) is 0 Å². The maximum absolute atomic E-state index is 11.0. The van der Waals surface area contributed by atoms with Crippen LogP contribution in [0.3, 0.4) is 0 Å². The number of aliphatic hydroxyl groups excluding tert-OH is 2. The highest BCUT2D eigenvalue weighted by Crippen LogP contribution is 2.66. The van der Waals surface area contributed by atoms with E-state index < -0.39 is 12.2 Å². The first-order chi connectivity index (χ1) is 10.8. The summed E-state index contributed by atoms with van der Waals surface area (Å²) in [5, 5.41) is 22.0. The van der Waals surface area contributed by atoms with Crippen molar-refractivity contribution in [3.63, 3.8) is 0 Å². The van der Waals surface area contributed by atoms with Gasteiger partial charge in [-0.2, -0.15) is 0 Å². The van der Waals surface area contributed by atoms with Gasteiger partial charge in [-0.15, -0.1) is 12.4 Å². The van der Waals surface area contributed by atoms with E-state index in [1.807, 2.05) is 0 Å². The minimum absolute atomic E-state index is 0. The lowest BCUT2D eigenvalue weighted by atomic mass is 9.43. The van der Waals surface area contributed by atoms with Crippen molar-refractivity contribution in [3.05, 3.63) is 12.2 Å². The summed E-state index contributed by atoms with van der Waals surface area (Å²) in [6.07, 6.45) is 6.45. The zero-order chi connectivity index (χ0) is 16.6. The number of hydrogen-bond donors (Lipinski definition) is 3. The first-order valence-corrected chi connectivity index (χ1v) is 9.59. The van der Waals surface area contributed by atoms with E-state index in [9.17, 15) is 10.2 Å². The third-order valence-electron chi connectivity index (χ3n) is 8.75. The lowest BCUT2D eigenvalue weighted by Crippen LogP contribution is -2.64. The Morgan fingerprint density at radius 1 is 1.00 bits per heavy atom. The lowest BCUT2D eigenvalue weighted by molar-refractivity contribution is -0.210. The minimum atomic E-state index is -0.608. The zero-order valence-corrected chi connectivity index (χ0v) is 16.4. The average Bonchev–Trinajstić information content (AvgIpc) is 2.82. The molecule has 4 aliphatic carbocycles. The second-order valence-corrected chi connectivity index (χ2v) is 9.52. The van der Waals surface area contributed by atoms with E-state index in [4.69, 9.17) is 5.73 Å². The monoisotopic (exact) mass is 373 g/mol. The average molecular weight is 374 g/mol. The molecule has 0 heterocycles. The Morgan fingerprint density at radius 2 is 1.68 bits per heavy atom. The molecule has 0 aromatic rings. The minimum Gasteiger partial charge on any atom is -0.412 e. The first kappa shape index (κ1) is 21.2. The van der Waals surface area contributed by atoms with E-state index in [1.165, 1.54) is 18.4 Å². The van der Waals surface area contributed by atoms with Crippen LogP contribution in [0, 0.1) is 34.5 Å². The standard InChI is InChI=1S/C20H33NO2.ClH.H2O/c1-11-4-5-13-16-14(7-9-19(11,13)2)20(3)8-6-12(21)10-15(20)17(22)18(16)23;;/h12-18,22-23H,1,4-10,21H2,2-3H3;1H;1H2/t12-,13-,14-,15?,16-,17+,18+,19+,20+;;/m0../s1. The molecule has 25 heavy (non-hydrogen) atoms. The Kier molecular flexibility index (Phi) is 5.75. The fourth-order valence-corrected chi connectivity index (χ4v) is 7.20. The molecule has 146 valence electrons. The van der Waals surface area contributed by atoms with Gasteiger partial charge in [0.15, 0.2) is 0 Å². The van der Waals surface area contributed by atoms with Crippen molar-refractivity contribution < 1.29 is 15.7 Å². The molecule has 4 fully saturated rings. The van der Waals surface area contributed by atoms with Crippen molar-refractivity contribution in [3.8, 4) is 0 Å². The van der Waals surface area contributed by atoms with E-state index in [-0.39, 0.29) is 46.6 Å². The van der Waals surface area contributed by atoms with Crippen LogP contribution in [-0.2, 0) is 0 Å². The molecule has 4 aliphatic rings. The zero-order valence-electron chi connectivity index (χ0n) is 15.6. The Bertz CT molecular complexity index is 529. The number of fused-ring (bicyclic) bond motifs is 5. The number of halogens is 1. The summed E-state index contributed by atoms with van der Waals surface area (Å²) in [6.45, 7) is 9.07. The van der Waals surface area contributed by atoms with Gasteiger partial charge in [0, 0.05) is 6.04 Å². The van der Waals surface area contributed by atoms with Gasteiger partial charge in [-0.3, -0.25) is 0 Å². The Hall–Kier alpha value is -0.130. The molecule has 1 unspecified atom stereocenters. The van der Waals surface area contributed by atoms with Crippen LogP contribution in [0.5, 0.6) is 0 Å². The van der Waals surface area contributed by atoms with Gasteiger partial charge in [0.1, 0.15) is 0 Å². The van der Waals surface area contributed by atoms with Crippen LogP contribution >= 0.6 is 12.4 Å². The van der Waals surface area contributed by atoms with Gasteiger partial charge >= 0.3 is 0 Å². The molecule has 0 bridgehead atoms. The third kappa shape index (κ3) is 2.71. The summed E-state index contributed by atoms with van der Waals surface area (Å²) < 4.78 is 0. The molecule has 0 aromatic carbocycles. The first-order valence-electron chi connectivity index (χ1n) is 9.59. The Morgan fingerprint density at radius 3 is 2.36 bits per heavy atom. The van der Waals surface area contributed by atoms with E-state index >= 15 is 0 Å². The van der Waals surface area contributed by atoms with Gasteiger partial charge in [-0.05, 0) is 79.4 Å². The van der Waals surface area contributed by atoms with E-state index in [0.717, 1.165) is 32.1 Å². The predicted octanol–water partition coefficient (Wildman–Crippen LogP) is 2.45. The molecule has 0 aliphatic heterocycles. The molecule has 0 amide bonds. The smallest absolute Gasteiger partial charge is 0.0836 e. The largest absolute Gasteiger partial charge is 0.412 e. The molecule has 0 aromatic heterocycles. The quantitative estimate of drug-likeness (QED) is 0.569. The third-order valence-corrected chi connectivity index (χ3v) is 8.75. The maximum Gasteiger partial charge on any atom is 0.0836 e. The molecule has 0 radical (unpaired) electrons. The van der Waals surface area contributed by atoms with E-state index in [2.05, 4.69) is 20.4 Å². The van der Waals surface area contributed by atoms with Crippen LogP contribution in [0.2, 0.25) is 0 Å². The van der Waals surface area contributed by atoms with Crippen molar-refractivity contribution >= 4 is 12.4 Å². The summed E-state index contributed by atoms with van der Waals surface area (Å²) in [5.41, 5.74) is 7.89. The van der Waals surface area contributed by atoms with Crippen molar-refractivity contribution in [2.24, 2.45) is 40.2 Å². The molecule has 0 spiro atoms. The van der Waals surface area contributed by atoms with Gasteiger partial charge in [-0.1, -0.05) is 26.0 Å². The van der Waals surface area contributed by atoms with E-state index in [1.54, 1.807) is 0 Å². The second kappa shape index (κ2) is 6.79. The number of hydrogen-bond acceptors (Lipinski definition) is 3. The summed E-state index contributed by atoms with van der Waals surface area (Å²) in [5.74, 6) is 1.42. The van der Waals surface area contributed by atoms with E-state index in [0.29, 0.717) is 11.8 Å². The number of rotatable bonds is 0.